The van der Waals surface area contributed by atoms with Gasteiger partial charge in [0.1, 0.15) is 0 Å². The van der Waals surface area contributed by atoms with Gasteiger partial charge in [0.05, 0.1) is 0 Å². The monoisotopic (exact) mass is 317 g/mol. The molecule has 0 bridgehead atoms. The Bertz CT molecular complexity index is 590. The molecule has 2 aromatic rings. The van der Waals surface area contributed by atoms with Crippen molar-refractivity contribution in [3.63, 3.8) is 0 Å². The fourth-order valence-corrected chi connectivity index (χ4v) is 2.62. The van der Waals surface area contributed by atoms with Crippen LogP contribution in [-0.2, 0) is 0 Å². The first kappa shape index (κ1) is 14.1. The summed E-state index contributed by atoms with van der Waals surface area (Å²) in [5.74, 6) is 0. The molecule has 1 unspecified atom stereocenters. The Kier molecular flexibility index (Phi) is 4.31. The fourth-order valence-electron chi connectivity index (χ4n) is 2.37. The van der Waals surface area contributed by atoms with Gasteiger partial charge in [-0.2, -0.15) is 0 Å². The molecule has 0 saturated carbocycles. The largest absolute Gasteiger partial charge is 0.379 e. The zero-order valence-electron chi connectivity index (χ0n) is 11.9. The number of aryl methyl sites for hydroxylation is 3. The molecule has 2 aromatic carbocycles. The maximum atomic E-state index is 3.57. The summed E-state index contributed by atoms with van der Waals surface area (Å²) in [5.41, 5.74) is 6.42. The van der Waals surface area contributed by atoms with Gasteiger partial charge in [-0.1, -0.05) is 39.7 Å². The van der Waals surface area contributed by atoms with Gasteiger partial charge >= 0.3 is 0 Å². The number of nitrogens with one attached hydrogen (secondary N) is 1. The van der Waals surface area contributed by atoms with E-state index in [1.54, 1.807) is 0 Å². The molecule has 0 amide bonds. The van der Waals surface area contributed by atoms with E-state index >= 15 is 0 Å². The highest BCUT2D eigenvalue weighted by Gasteiger charge is 2.08. The molecule has 0 aliphatic carbocycles. The highest BCUT2D eigenvalue weighted by molar-refractivity contribution is 9.10. The van der Waals surface area contributed by atoms with Crippen LogP contribution in [0.2, 0.25) is 0 Å². The van der Waals surface area contributed by atoms with E-state index in [9.17, 15) is 0 Å². The van der Waals surface area contributed by atoms with Gasteiger partial charge in [0, 0.05) is 16.2 Å². The Balaban J connectivity index is 2.20. The SMILES string of the molecule is Cc1ccc(C(C)Nc2ccc(Br)c(C)c2)c(C)c1. The second-order valence-corrected chi connectivity index (χ2v) is 6.04. The van der Waals surface area contributed by atoms with Gasteiger partial charge in [0.25, 0.3) is 0 Å². The van der Waals surface area contributed by atoms with Crippen molar-refractivity contribution in [3.8, 4) is 0 Å². The molecule has 0 heterocycles. The van der Waals surface area contributed by atoms with Gasteiger partial charge in [-0.25, -0.2) is 0 Å². The zero-order valence-corrected chi connectivity index (χ0v) is 13.5. The summed E-state index contributed by atoms with van der Waals surface area (Å²) in [6, 6.07) is 13.3. The lowest BCUT2D eigenvalue weighted by atomic mass is 10.00. The first-order valence-corrected chi connectivity index (χ1v) is 7.36. The quantitative estimate of drug-likeness (QED) is 0.782. The molecule has 0 aromatic heterocycles. The molecule has 0 aliphatic heterocycles. The van der Waals surface area contributed by atoms with Crippen LogP contribution in [0.25, 0.3) is 0 Å². The molecule has 1 atom stereocenters. The van der Waals surface area contributed by atoms with Crippen molar-refractivity contribution in [1.29, 1.82) is 0 Å². The third-order valence-electron chi connectivity index (χ3n) is 3.43. The molecule has 0 saturated heterocycles. The molecular weight excluding hydrogens is 298 g/mol. The Hall–Kier alpha value is -1.28. The van der Waals surface area contributed by atoms with Gasteiger partial charge in [-0.15, -0.1) is 0 Å². The van der Waals surface area contributed by atoms with E-state index in [1.165, 1.54) is 22.3 Å². The lowest BCUT2D eigenvalue weighted by molar-refractivity contribution is 0.873. The maximum Gasteiger partial charge on any atom is 0.0488 e. The number of hydrogen-bond acceptors (Lipinski definition) is 1. The minimum Gasteiger partial charge on any atom is -0.379 e. The average Bonchev–Trinajstić information content (AvgIpc) is 2.33. The molecule has 2 heteroatoms. The molecule has 1 nitrogen and oxygen atoms in total. The van der Waals surface area contributed by atoms with Crippen LogP contribution in [0.4, 0.5) is 5.69 Å². The number of halogens is 1. The molecular formula is C17H20BrN. The maximum absolute atomic E-state index is 3.57. The van der Waals surface area contributed by atoms with E-state index in [1.807, 2.05) is 0 Å². The lowest BCUT2D eigenvalue weighted by Gasteiger charge is -2.19. The van der Waals surface area contributed by atoms with Gasteiger partial charge in [0.15, 0.2) is 0 Å². The predicted octanol–water partition coefficient (Wildman–Crippen LogP) is 5.55. The van der Waals surface area contributed by atoms with Crippen molar-refractivity contribution in [2.45, 2.75) is 33.7 Å². The number of anilines is 1. The van der Waals surface area contributed by atoms with E-state index in [2.05, 4.69) is 85.3 Å². The van der Waals surface area contributed by atoms with Crippen LogP contribution in [0.3, 0.4) is 0 Å². The summed E-state index contributed by atoms with van der Waals surface area (Å²) >= 11 is 3.53. The van der Waals surface area contributed by atoms with Crippen molar-refractivity contribution < 1.29 is 0 Å². The third-order valence-corrected chi connectivity index (χ3v) is 4.32. The van der Waals surface area contributed by atoms with Gasteiger partial charge < -0.3 is 5.32 Å². The summed E-state index contributed by atoms with van der Waals surface area (Å²) in [5, 5.41) is 3.57. The summed E-state index contributed by atoms with van der Waals surface area (Å²) < 4.78 is 1.15. The Morgan fingerprint density at radius 2 is 1.68 bits per heavy atom. The number of hydrogen-bond donors (Lipinski definition) is 1. The molecule has 0 aliphatic rings. The predicted molar refractivity (Wildman–Crippen MR) is 86.8 cm³/mol. The molecule has 0 radical (unpaired) electrons. The Labute approximate surface area is 124 Å². The van der Waals surface area contributed by atoms with Gasteiger partial charge in [0.2, 0.25) is 0 Å². The topological polar surface area (TPSA) is 12.0 Å². The van der Waals surface area contributed by atoms with Crippen LogP contribution in [0.5, 0.6) is 0 Å². The van der Waals surface area contributed by atoms with Crippen LogP contribution in [-0.4, -0.2) is 0 Å². The minimum atomic E-state index is 0.307. The number of rotatable bonds is 3. The van der Waals surface area contributed by atoms with E-state index in [-0.39, 0.29) is 0 Å². The van der Waals surface area contributed by atoms with E-state index in [0.29, 0.717) is 6.04 Å². The van der Waals surface area contributed by atoms with Crippen LogP contribution >= 0.6 is 15.9 Å². The molecule has 2 rings (SSSR count). The van der Waals surface area contributed by atoms with Gasteiger partial charge in [-0.05, 0) is 62.6 Å². The van der Waals surface area contributed by atoms with Crippen molar-refractivity contribution >= 4 is 21.6 Å². The average molecular weight is 318 g/mol. The second kappa shape index (κ2) is 5.79. The summed E-state index contributed by atoms with van der Waals surface area (Å²) in [6.45, 7) is 8.62. The highest BCUT2D eigenvalue weighted by Crippen LogP contribution is 2.25. The van der Waals surface area contributed by atoms with E-state index < -0.39 is 0 Å². The van der Waals surface area contributed by atoms with Crippen molar-refractivity contribution in [2.75, 3.05) is 5.32 Å². The lowest BCUT2D eigenvalue weighted by Crippen LogP contribution is -2.08. The standard InChI is InChI=1S/C17H20BrN/c1-11-5-7-16(12(2)9-11)14(4)19-15-6-8-17(18)13(3)10-15/h5-10,14,19H,1-4H3. The van der Waals surface area contributed by atoms with Gasteiger partial charge in [-0.3, -0.25) is 0 Å². The van der Waals surface area contributed by atoms with Crippen molar-refractivity contribution in [2.24, 2.45) is 0 Å². The highest BCUT2D eigenvalue weighted by atomic mass is 79.9. The molecule has 0 spiro atoms. The van der Waals surface area contributed by atoms with Crippen molar-refractivity contribution in [1.82, 2.24) is 0 Å². The van der Waals surface area contributed by atoms with Crippen molar-refractivity contribution in [3.05, 3.63) is 63.1 Å². The minimum absolute atomic E-state index is 0.307. The van der Waals surface area contributed by atoms with Crippen LogP contribution in [0.1, 0.15) is 35.2 Å². The zero-order chi connectivity index (χ0) is 14.0. The summed E-state index contributed by atoms with van der Waals surface area (Å²) in [7, 11) is 0. The molecule has 100 valence electrons. The Morgan fingerprint density at radius 1 is 0.947 bits per heavy atom. The van der Waals surface area contributed by atoms with Crippen LogP contribution in [0, 0.1) is 20.8 Å². The summed E-state index contributed by atoms with van der Waals surface area (Å²) in [4.78, 5) is 0. The molecule has 0 fully saturated rings. The first-order valence-electron chi connectivity index (χ1n) is 6.57. The number of benzene rings is 2. The summed E-state index contributed by atoms with van der Waals surface area (Å²) in [6.07, 6.45) is 0. The second-order valence-electron chi connectivity index (χ2n) is 5.19. The fraction of sp³-hybridized carbons (Fsp3) is 0.294. The van der Waals surface area contributed by atoms with E-state index in [0.717, 1.165) is 10.2 Å². The van der Waals surface area contributed by atoms with E-state index in [4.69, 9.17) is 0 Å². The van der Waals surface area contributed by atoms with Crippen LogP contribution < -0.4 is 5.32 Å². The smallest absolute Gasteiger partial charge is 0.0488 e. The first-order chi connectivity index (χ1) is 8.97. The third kappa shape index (κ3) is 3.38. The van der Waals surface area contributed by atoms with Crippen LogP contribution in [0.15, 0.2) is 40.9 Å². The Morgan fingerprint density at radius 3 is 2.32 bits per heavy atom. The molecule has 1 N–H and O–H groups in total. The molecule has 19 heavy (non-hydrogen) atoms. The normalized spacial score (nSPS) is 12.3.